The van der Waals surface area contributed by atoms with Crippen molar-refractivity contribution in [1.29, 1.82) is 0 Å². The summed E-state index contributed by atoms with van der Waals surface area (Å²) < 4.78 is 0. The van der Waals surface area contributed by atoms with Crippen LogP contribution >= 0.6 is 11.6 Å². The van der Waals surface area contributed by atoms with Gasteiger partial charge in [0.05, 0.1) is 0 Å². The number of hydrogen-bond acceptors (Lipinski definition) is 1. The maximum absolute atomic E-state index is 10.3. The van der Waals surface area contributed by atoms with Gasteiger partial charge >= 0.3 is 0 Å². The predicted molar refractivity (Wildman–Crippen MR) is 45.7 cm³/mol. The Kier molecular flexibility index (Phi) is 2.30. The fourth-order valence-corrected chi connectivity index (χ4v) is 1.10. The normalized spacial score (nSPS) is 9.73. The Hall–Kier alpha value is -0.820. The third-order valence-corrected chi connectivity index (χ3v) is 2.24. The van der Waals surface area contributed by atoms with E-state index in [4.69, 9.17) is 11.6 Å². The number of benzene rings is 1. The molecular formula is C9H8ClO. The second-order valence-corrected chi connectivity index (χ2v) is 2.85. The van der Waals surface area contributed by atoms with E-state index < -0.39 is 0 Å². The molecule has 0 aliphatic carbocycles. The summed E-state index contributed by atoms with van der Waals surface area (Å²) in [6.45, 7) is 3.75. The number of hydrogen-bond donors (Lipinski definition) is 0. The molecule has 0 bridgehead atoms. The van der Waals surface area contributed by atoms with E-state index in [9.17, 15) is 4.79 Å². The van der Waals surface area contributed by atoms with E-state index in [1.54, 1.807) is 12.1 Å². The third-order valence-electron chi connectivity index (χ3n) is 1.83. The third kappa shape index (κ3) is 1.43. The summed E-state index contributed by atoms with van der Waals surface area (Å²) in [6.07, 6.45) is 1.85. The fraction of sp³-hybridized carbons (Fsp3) is 0.222. The van der Waals surface area contributed by atoms with Crippen LogP contribution in [-0.4, -0.2) is 6.29 Å². The van der Waals surface area contributed by atoms with Crippen molar-refractivity contribution >= 4 is 17.9 Å². The van der Waals surface area contributed by atoms with E-state index in [0.717, 1.165) is 11.1 Å². The van der Waals surface area contributed by atoms with E-state index in [1.807, 2.05) is 20.1 Å². The summed E-state index contributed by atoms with van der Waals surface area (Å²) in [5.74, 6) is 0. The van der Waals surface area contributed by atoms with E-state index in [-0.39, 0.29) is 0 Å². The quantitative estimate of drug-likeness (QED) is 0.628. The van der Waals surface area contributed by atoms with Crippen molar-refractivity contribution in [1.82, 2.24) is 0 Å². The van der Waals surface area contributed by atoms with E-state index in [1.165, 1.54) is 0 Å². The highest BCUT2D eigenvalue weighted by molar-refractivity contribution is 6.31. The van der Waals surface area contributed by atoms with Gasteiger partial charge in [-0.2, -0.15) is 0 Å². The molecule has 1 radical (unpaired) electrons. The van der Waals surface area contributed by atoms with Crippen LogP contribution < -0.4 is 0 Å². The SMILES string of the molecule is Cc1c(Cl)ccc([C]=O)c1C. The Morgan fingerprint density at radius 2 is 1.91 bits per heavy atom. The highest BCUT2D eigenvalue weighted by Gasteiger charge is 2.03. The van der Waals surface area contributed by atoms with Crippen LogP contribution in [-0.2, 0) is 4.79 Å². The van der Waals surface area contributed by atoms with Crippen LogP contribution in [0.25, 0.3) is 0 Å². The maximum atomic E-state index is 10.3. The number of rotatable bonds is 1. The molecule has 0 N–H and O–H groups in total. The van der Waals surface area contributed by atoms with Crippen LogP contribution in [0.15, 0.2) is 12.1 Å². The van der Waals surface area contributed by atoms with Gasteiger partial charge in [-0.1, -0.05) is 11.6 Å². The molecule has 0 atom stereocenters. The molecule has 1 aromatic carbocycles. The molecule has 0 aliphatic rings. The first-order valence-corrected chi connectivity index (χ1v) is 3.68. The van der Waals surface area contributed by atoms with Crippen LogP contribution in [0.2, 0.25) is 5.02 Å². The van der Waals surface area contributed by atoms with E-state index >= 15 is 0 Å². The van der Waals surface area contributed by atoms with Gasteiger partial charge in [0.25, 0.3) is 0 Å². The Morgan fingerprint density at radius 3 is 2.45 bits per heavy atom. The standard InChI is InChI=1S/C9H8ClO/c1-6-7(2)9(10)4-3-8(6)5-11/h3-4H,1-2H3. The van der Waals surface area contributed by atoms with Gasteiger partial charge in [0, 0.05) is 10.6 Å². The Balaban J connectivity index is 3.36. The Labute approximate surface area is 71.0 Å². The highest BCUT2D eigenvalue weighted by Crippen LogP contribution is 2.20. The summed E-state index contributed by atoms with van der Waals surface area (Å²) in [5, 5.41) is 0.696. The molecule has 0 saturated heterocycles. The fourth-order valence-electron chi connectivity index (χ4n) is 0.898. The molecule has 1 nitrogen and oxygen atoms in total. The Bertz CT molecular complexity index is 292. The van der Waals surface area contributed by atoms with Gasteiger partial charge in [-0.15, -0.1) is 0 Å². The van der Waals surface area contributed by atoms with Gasteiger partial charge in [0.15, 0.2) is 0 Å². The highest BCUT2D eigenvalue weighted by atomic mass is 35.5. The number of halogens is 1. The molecule has 0 saturated carbocycles. The minimum Gasteiger partial charge on any atom is -0.285 e. The van der Waals surface area contributed by atoms with Gasteiger partial charge in [0.1, 0.15) is 0 Å². The van der Waals surface area contributed by atoms with Gasteiger partial charge in [-0.25, -0.2) is 0 Å². The first-order valence-electron chi connectivity index (χ1n) is 3.30. The summed E-state index contributed by atoms with van der Waals surface area (Å²) >= 11 is 5.81. The maximum Gasteiger partial charge on any atom is 0.233 e. The molecule has 0 fully saturated rings. The zero-order valence-electron chi connectivity index (χ0n) is 6.44. The molecule has 0 spiro atoms. The summed E-state index contributed by atoms with van der Waals surface area (Å²) in [4.78, 5) is 10.3. The summed E-state index contributed by atoms with van der Waals surface area (Å²) in [7, 11) is 0. The largest absolute Gasteiger partial charge is 0.285 e. The van der Waals surface area contributed by atoms with Crippen LogP contribution in [0.3, 0.4) is 0 Å². The zero-order valence-corrected chi connectivity index (χ0v) is 7.20. The van der Waals surface area contributed by atoms with Crippen molar-refractivity contribution in [3.05, 3.63) is 33.8 Å². The molecule has 2 heteroatoms. The first-order chi connectivity index (χ1) is 5.16. The molecule has 0 unspecified atom stereocenters. The van der Waals surface area contributed by atoms with Crippen molar-refractivity contribution in [3.8, 4) is 0 Å². The predicted octanol–water partition coefficient (Wildman–Crippen LogP) is 2.41. The van der Waals surface area contributed by atoms with Crippen molar-refractivity contribution in [3.63, 3.8) is 0 Å². The topological polar surface area (TPSA) is 17.1 Å². The minimum absolute atomic E-state index is 0.590. The molecule has 0 aromatic heterocycles. The lowest BCUT2D eigenvalue weighted by molar-refractivity contribution is 0.562. The lowest BCUT2D eigenvalue weighted by Gasteiger charge is -2.03. The van der Waals surface area contributed by atoms with Crippen LogP contribution in [0.5, 0.6) is 0 Å². The molecule has 0 amide bonds. The molecule has 57 valence electrons. The monoisotopic (exact) mass is 167 g/mol. The smallest absolute Gasteiger partial charge is 0.233 e. The molecule has 1 rings (SSSR count). The van der Waals surface area contributed by atoms with Gasteiger partial charge in [-0.3, -0.25) is 4.79 Å². The second-order valence-electron chi connectivity index (χ2n) is 2.45. The molecule has 11 heavy (non-hydrogen) atoms. The molecule has 1 aromatic rings. The van der Waals surface area contributed by atoms with Gasteiger partial charge in [-0.05, 0) is 37.1 Å². The van der Waals surface area contributed by atoms with Crippen molar-refractivity contribution < 1.29 is 4.79 Å². The summed E-state index contributed by atoms with van der Waals surface area (Å²) in [6, 6.07) is 3.39. The minimum atomic E-state index is 0.590. The van der Waals surface area contributed by atoms with E-state index in [0.29, 0.717) is 10.6 Å². The second kappa shape index (κ2) is 3.05. The van der Waals surface area contributed by atoms with Crippen molar-refractivity contribution in [2.75, 3.05) is 0 Å². The van der Waals surface area contributed by atoms with E-state index in [2.05, 4.69) is 0 Å². The Morgan fingerprint density at radius 1 is 1.27 bits per heavy atom. The molecule has 0 aliphatic heterocycles. The van der Waals surface area contributed by atoms with Crippen LogP contribution in [0, 0.1) is 13.8 Å². The first kappa shape index (κ1) is 8.28. The lowest BCUT2D eigenvalue weighted by atomic mass is 10.0. The zero-order chi connectivity index (χ0) is 8.43. The lowest BCUT2D eigenvalue weighted by Crippen LogP contribution is -1.90. The average molecular weight is 168 g/mol. The molecular weight excluding hydrogens is 160 g/mol. The van der Waals surface area contributed by atoms with Crippen molar-refractivity contribution in [2.24, 2.45) is 0 Å². The van der Waals surface area contributed by atoms with Gasteiger partial charge < -0.3 is 0 Å². The van der Waals surface area contributed by atoms with Crippen LogP contribution in [0.4, 0.5) is 0 Å². The molecule has 0 heterocycles. The number of carbonyl (C=O) groups excluding carboxylic acids is 1. The van der Waals surface area contributed by atoms with Crippen molar-refractivity contribution in [2.45, 2.75) is 13.8 Å². The van der Waals surface area contributed by atoms with Gasteiger partial charge in [0.2, 0.25) is 6.29 Å². The summed E-state index contributed by atoms with van der Waals surface area (Å²) in [5.41, 5.74) is 2.45. The van der Waals surface area contributed by atoms with Crippen LogP contribution in [0.1, 0.15) is 16.7 Å². The average Bonchev–Trinajstić information content (AvgIpc) is 2.01.